The molecule has 0 aliphatic heterocycles. The number of aliphatic hydroxyl groups excluding tert-OH is 1. The topological polar surface area (TPSA) is 52.5 Å². The molecule has 3 heteroatoms. The second-order valence-electron chi connectivity index (χ2n) is 5.18. The molecule has 1 atom stereocenters. The van der Waals surface area contributed by atoms with Gasteiger partial charge in [-0.05, 0) is 38.1 Å². The van der Waals surface area contributed by atoms with Gasteiger partial charge >= 0.3 is 0 Å². The summed E-state index contributed by atoms with van der Waals surface area (Å²) in [5, 5.41) is 24.5. The maximum atomic E-state index is 10.4. The van der Waals surface area contributed by atoms with Gasteiger partial charge in [-0.15, -0.1) is 0 Å². The Kier molecular flexibility index (Phi) is 5.39. The molecule has 0 aliphatic carbocycles. The van der Waals surface area contributed by atoms with Crippen LogP contribution in [0.3, 0.4) is 0 Å². The van der Waals surface area contributed by atoms with Gasteiger partial charge in [0.1, 0.15) is 5.75 Å². The average Bonchev–Trinajstić information content (AvgIpc) is 2.47. The van der Waals surface area contributed by atoms with E-state index in [-0.39, 0.29) is 12.6 Å². The van der Waals surface area contributed by atoms with E-state index >= 15 is 0 Å². The van der Waals surface area contributed by atoms with Crippen molar-refractivity contribution in [1.82, 2.24) is 5.32 Å². The van der Waals surface area contributed by atoms with Crippen molar-refractivity contribution < 1.29 is 10.2 Å². The Morgan fingerprint density at radius 3 is 2.65 bits per heavy atom. The molecule has 0 amide bonds. The number of fused-ring (bicyclic) bond motifs is 1. The molecule has 0 radical (unpaired) electrons. The summed E-state index contributed by atoms with van der Waals surface area (Å²) >= 11 is 0. The van der Waals surface area contributed by atoms with E-state index in [1.807, 2.05) is 36.4 Å². The Morgan fingerprint density at radius 1 is 1.05 bits per heavy atom. The smallest absolute Gasteiger partial charge is 0.128 e. The van der Waals surface area contributed by atoms with Gasteiger partial charge in [0, 0.05) is 23.6 Å². The molecule has 108 valence electrons. The van der Waals surface area contributed by atoms with Crippen LogP contribution in [-0.2, 0) is 0 Å². The van der Waals surface area contributed by atoms with Gasteiger partial charge in [0.05, 0.1) is 0 Å². The lowest BCUT2D eigenvalue weighted by atomic mass is 10.0. The van der Waals surface area contributed by atoms with Crippen molar-refractivity contribution in [2.24, 2.45) is 0 Å². The molecule has 3 nitrogen and oxygen atoms in total. The molecule has 0 fully saturated rings. The van der Waals surface area contributed by atoms with E-state index in [9.17, 15) is 5.11 Å². The summed E-state index contributed by atoms with van der Waals surface area (Å²) in [5.41, 5.74) is 0.936. The third kappa shape index (κ3) is 3.50. The number of nitrogens with one attached hydrogen (secondary N) is 1. The third-order valence-corrected chi connectivity index (χ3v) is 3.68. The molecule has 0 saturated heterocycles. The SMILES string of the molecule is CC(NCCCCCO)c1ccc2ccccc2c1O. The fourth-order valence-electron chi connectivity index (χ4n) is 2.46. The molecular weight excluding hydrogens is 250 g/mol. The van der Waals surface area contributed by atoms with Crippen molar-refractivity contribution in [1.29, 1.82) is 0 Å². The molecule has 0 heterocycles. The molecule has 2 aromatic rings. The van der Waals surface area contributed by atoms with Crippen LogP contribution in [0.4, 0.5) is 0 Å². The van der Waals surface area contributed by atoms with Crippen molar-refractivity contribution in [3.8, 4) is 5.75 Å². The molecule has 2 aromatic carbocycles. The first-order valence-electron chi connectivity index (χ1n) is 7.29. The predicted octanol–water partition coefficient (Wildman–Crippen LogP) is 3.36. The zero-order chi connectivity index (χ0) is 14.4. The summed E-state index contributed by atoms with van der Waals surface area (Å²) in [7, 11) is 0. The molecule has 0 spiro atoms. The number of benzene rings is 2. The highest BCUT2D eigenvalue weighted by Crippen LogP contribution is 2.32. The molecular formula is C17H23NO2. The molecule has 0 bridgehead atoms. The molecule has 0 aliphatic rings. The van der Waals surface area contributed by atoms with Crippen LogP contribution in [0.25, 0.3) is 10.8 Å². The fraction of sp³-hybridized carbons (Fsp3) is 0.412. The van der Waals surface area contributed by atoms with E-state index in [4.69, 9.17) is 5.11 Å². The lowest BCUT2D eigenvalue weighted by Crippen LogP contribution is -2.20. The van der Waals surface area contributed by atoms with Crippen molar-refractivity contribution in [2.45, 2.75) is 32.2 Å². The Morgan fingerprint density at radius 2 is 1.85 bits per heavy atom. The second-order valence-corrected chi connectivity index (χ2v) is 5.18. The van der Waals surface area contributed by atoms with E-state index < -0.39 is 0 Å². The first kappa shape index (κ1) is 14.8. The number of aromatic hydroxyl groups is 1. The van der Waals surface area contributed by atoms with Crippen LogP contribution >= 0.6 is 0 Å². The Bertz CT molecular complexity index is 554. The first-order valence-corrected chi connectivity index (χ1v) is 7.29. The number of aliphatic hydroxyl groups is 1. The number of unbranched alkanes of at least 4 members (excludes halogenated alkanes) is 2. The van der Waals surface area contributed by atoms with Crippen LogP contribution in [0.15, 0.2) is 36.4 Å². The van der Waals surface area contributed by atoms with Crippen molar-refractivity contribution in [3.63, 3.8) is 0 Å². The van der Waals surface area contributed by atoms with Gasteiger partial charge in [-0.3, -0.25) is 0 Å². The number of rotatable bonds is 7. The van der Waals surface area contributed by atoms with E-state index in [1.165, 1.54) is 0 Å². The molecule has 1 unspecified atom stereocenters. The zero-order valence-corrected chi connectivity index (χ0v) is 12.0. The van der Waals surface area contributed by atoms with E-state index in [1.54, 1.807) is 0 Å². The summed E-state index contributed by atoms with van der Waals surface area (Å²) in [5.74, 6) is 0.374. The number of hydrogen-bond donors (Lipinski definition) is 3. The van der Waals surface area contributed by atoms with Gasteiger partial charge in [0.25, 0.3) is 0 Å². The average molecular weight is 273 g/mol. The summed E-state index contributed by atoms with van der Waals surface area (Å²) in [6.45, 7) is 3.23. The van der Waals surface area contributed by atoms with Crippen LogP contribution < -0.4 is 5.32 Å². The maximum absolute atomic E-state index is 10.4. The number of phenolic OH excluding ortho intramolecular Hbond substituents is 1. The quantitative estimate of drug-likeness (QED) is 0.678. The molecule has 20 heavy (non-hydrogen) atoms. The van der Waals surface area contributed by atoms with Crippen LogP contribution in [0.2, 0.25) is 0 Å². The van der Waals surface area contributed by atoms with E-state index in [0.29, 0.717) is 5.75 Å². The molecule has 2 rings (SSSR count). The summed E-state index contributed by atoms with van der Waals surface area (Å²) in [6, 6.07) is 12.0. The standard InChI is InChI=1S/C17H23NO2/c1-13(18-11-5-2-6-12-19)15-10-9-14-7-3-4-8-16(14)17(15)20/h3-4,7-10,13,18-20H,2,5-6,11-12H2,1H3. The summed E-state index contributed by atoms with van der Waals surface area (Å²) < 4.78 is 0. The normalized spacial score (nSPS) is 12.7. The monoisotopic (exact) mass is 273 g/mol. The highest BCUT2D eigenvalue weighted by atomic mass is 16.3. The van der Waals surface area contributed by atoms with Crippen molar-refractivity contribution in [3.05, 3.63) is 42.0 Å². The highest BCUT2D eigenvalue weighted by molar-refractivity contribution is 5.89. The minimum Gasteiger partial charge on any atom is -0.507 e. The van der Waals surface area contributed by atoms with E-state index in [2.05, 4.69) is 12.2 Å². The molecule has 3 N–H and O–H groups in total. The zero-order valence-electron chi connectivity index (χ0n) is 12.0. The molecule has 0 aromatic heterocycles. The Balaban J connectivity index is 2.03. The van der Waals surface area contributed by atoms with Crippen LogP contribution in [0, 0.1) is 0 Å². The van der Waals surface area contributed by atoms with Gasteiger partial charge in [0.15, 0.2) is 0 Å². The highest BCUT2D eigenvalue weighted by Gasteiger charge is 2.12. The maximum Gasteiger partial charge on any atom is 0.128 e. The van der Waals surface area contributed by atoms with E-state index in [0.717, 1.165) is 42.1 Å². The van der Waals surface area contributed by atoms with Gasteiger partial charge in [-0.1, -0.05) is 36.4 Å². The lowest BCUT2D eigenvalue weighted by Gasteiger charge is -2.17. The predicted molar refractivity (Wildman–Crippen MR) is 83.0 cm³/mol. The molecule has 0 saturated carbocycles. The second kappa shape index (κ2) is 7.27. The van der Waals surface area contributed by atoms with Crippen LogP contribution in [0.5, 0.6) is 5.75 Å². The van der Waals surface area contributed by atoms with Crippen LogP contribution in [-0.4, -0.2) is 23.4 Å². The van der Waals surface area contributed by atoms with Crippen molar-refractivity contribution in [2.75, 3.05) is 13.2 Å². The first-order chi connectivity index (χ1) is 9.74. The number of hydrogen-bond acceptors (Lipinski definition) is 3. The lowest BCUT2D eigenvalue weighted by molar-refractivity contribution is 0.282. The van der Waals surface area contributed by atoms with Gasteiger partial charge in [0.2, 0.25) is 0 Å². The van der Waals surface area contributed by atoms with Gasteiger partial charge < -0.3 is 15.5 Å². The van der Waals surface area contributed by atoms with Crippen molar-refractivity contribution >= 4 is 10.8 Å². The minimum absolute atomic E-state index is 0.119. The van der Waals surface area contributed by atoms with Gasteiger partial charge in [-0.2, -0.15) is 0 Å². The number of phenols is 1. The third-order valence-electron chi connectivity index (χ3n) is 3.68. The summed E-state index contributed by atoms with van der Waals surface area (Å²) in [4.78, 5) is 0. The minimum atomic E-state index is 0.119. The Hall–Kier alpha value is -1.58. The fourth-order valence-corrected chi connectivity index (χ4v) is 2.46. The summed E-state index contributed by atoms with van der Waals surface area (Å²) in [6.07, 6.45) is 2.93. The largest absolute Gasteiger partial charge is 0.507 e. The van der Waals surface area contributed by atoms with Crippen LogP contribution in [0.1, 0.15) is 37.8 Å². The van der Waals surface area contributed by atoms with Gasteiger partial charge in [-0.25, -0.2) is 0 Å². The Labute approximate surface area is 120 Å².